The van der Waals surface area contributed by atoms with Crippen molar-refractivity contribution in [2.24, 2.45) is 0 Å². The topological polar surface area (TPSA) is 89.0 Å². The normalized spacial score (nSPS) is 10.8. The van der Waals surface area contributed by atoms with E-state index in [9.17, 15) is 4.79 Å². The van der Waals surface area contributed by atoms with Crippen LogP contribution in [-0.2, 0) is 4.79 Å². The molecule has 7 nitrogen and oxygen atoms in total. The Kier molecular flexibility index (Phi) is 6.64. The number of anilines is 2. The molecule has 3 rings (SSSR count). The van der Waals surface area contributed by atoms with Crippen LogP contribution in [0.4, 0.5) is 10.3 Å². The highest BCUT2D eigenvalue weighted by Crippen LogP contribution is 2.30. The van der Waals surface area contributed by atoms with Gasteiger partial charge < -0.3 is 15.4 Å². The fourth-order valence-corrected chi connectivity index (χ4v) is 4.56. The quantitative estimate of drug-likeness (QED) is 0.514. The molecule has 2 N–H and O–H groups in total. The van der Waals surface area contributed by atoms with Gasteiger partial charge in [0.15, 0.2) is 9.47 Å². The highest BCUT2D eigenvalue weighted by Gasteiger charge is 2.11. The maximum atomic E-state index is 12.2. The van der Waals surface area contributed by atoms with Crippen LogP contribution < -0.4 is 15.4 Å². The molecule has 0 aliphatic rings. The maximum absolute atomic E-state index is 12.2. The van der Waals surface area contributed by atoms with Gasteiger partial charge in [-0.15, -0.1) is 10.2 Å². The minimum absolute atomic E-state index is 0.114. The number of hydrogen-bond acceptors (Lipinski definition) is 9. The zero-order chi connectivity index (χ0) is 18.4. The van der Waals surface area contributed by atoms with Crippen molar-refractivity contribution in [2.75, 3.05) is 29.5 Å². The van der Waals surface area contributed by atoms with E-state index in [1.165, 1.54) is 34.4 Å². The van der Waals surface area contributed by atoms with Gasteiger partial charge in [0, 0.05) is 6.54 Å². The molecule has 1 amide bonds. The van der Waals surface area contributed by atoms with Gasteiger partial charge in [-0.1, -0.05) is 41.4 Å². The fraction of sp³-hybridized carbons (Fsp3) is 0.375. The van der Waals surface area contributed by atoms with Gasteiger partial charge in [0.1, 0.15) is 5.75 Å². The molecule has 0 atom stereocenters. The monoisotopic (exact) mass is 409 g/mol. The van der Waals surface area contributed by atoms with Gasteiger partial charge in [-0.3, -0.25) is 4.79 Å². The predicted molar refractivity (Wildman–Crippen MR) is 109 cm³/mol. The lowest BCUT2D eigenvalue weighted by Gasteiger charge is -2.00. The summed E-state index contributed by atoms with van der Waals surface area (Å²) in [5.41, 5.74) is 0.845. The van der Waals surface area contributed by atoms with E-state index >= 15 is 0 Å². The van der Waals surface area contributed by atoms with Crippen LogP contribution in [0.5, 0.6) is 5.75 Å². The highest BCUT2D eigenvalue weighted by molar-refractivity contribution is 8.01. The van der Waals surface area contributed by atoms with Crippen molar-refractivity contribution < 1.29 is 9.53 Å². The van der Waals surface area contributed by atoms with Gasteiger partial charge in [0.2, 0.25) is 11.0 Å². The number of carbonyl (C=O) groups excluding carboxylic acids is 1. The van der Waals surface area contributed by atoms with Crippen LogP contribution in [0, 0.1) is 0 Å². The van der Waals surface area contributed by atoms with Crippen molar-refractivity contribution in [1.29, 1.82) is 0 Å². The number of rotatable bonds is 9. The van der Waals surface area contributed by atoms with Gasteiger partial charge in [-0.05, 0) is 31.5 Å². The molecule has 0 unspecified atom stereocenters. The second-order valence-corrected chi connectivity index (χ2v) is 8.45. The Hall–Kier alpha value is -1.91. The van der Waals surface area contributed by atoms with E-state index in [0.29, 0.717) is 11.7 Å². The summed E-state index contributed by atoms with van der Waals surface area (Å²) in [6.45, 7) is 5.52. The summed E-state index contributed by atoms with van der Waals surface area (Å²) in [6, 6.07) is 5.72. The number of aromatic nitrogens is 3. The molecule has 0 fully saturated rings. The SMILES string of the molecule is CCCNc1nnc(SCC(=O)Nc2nc3ccc(OCC)cc3s2)s1. The first kappa shape index (κ1) is 18.9. The first-order valence-electron chi connectivity index (χ1n) is 8.21. The van der Waals surface area contributed by atoms with Crippen LogP contribution in [0.3, 0.4) is 0 Å². The molecule has 1 aromatic carbocycles. The standard InChI is InChI=1S/C16H19N5O2S3/c1-3-7-17-14-20-21-16(26-14)24-9-13(22)19-15-18-11-6-5-10(23-4-2)8-12(11)25-15/h5-6,8H,3-4,7,9H2,1-2H3,(H,17,20)(H,18,19,22). The van der Waals surface area contributed by atoms with E-state index in [-0.39, 0.29) is 11.7 Å². The number of nitrogens with zero attached hydrogens (tertiary/aromatic N) is 3. The third-order valence-corrected chi connectivity index (χ3v) is 6.12. The highest BCUT2D eigenvalue weighted by atomic mass is 32.2. The molecular formula is C16H19N5O2S3. The van der Waals surface area contributed by atoms with Crippen LogP contribution in [-0.4, -0.2) is 40.0 Å². The first-order valence-corrected chi connectivity index (χ1v) is 10.8. The van der Waals surface area contributed by atoms with Crippen molar-refractivity contribution in [3.63, 3.8) is 0 Å². The van der Waals surface area contributed by atoms with Gasteiger partial charge in [-0.25, -0.2) is 4.98 Å². The fourth-order valence-electron chi connectivity index (χ4n) is 2.07. The summed E-state index contributed by atoms with van der Waals surface area (Å²) in [5.74, 6) is 0.959. The van der Waals surface area contributed by atoms with Crippen LogP contribution in [0.25, 0.3) is 10.2 Å². The summed E-state index contributed by atoms with van der Waals surface area (Å²) >= 11 is 4.25. The first-order chi connectivity index (χ1) is 12.7. The van der Waals surface area contributed by atoms with Gasteiger partial charge in [-0.2, -0.15) is 0 Å². The molecule has 3 aromatic rings. The van der Waals surface area contributed by atoms with Gasteiger partial charge in [0.05, 0.1) is 22.6 Å². The Labute approximate surface area is 163 Å². The number of nitrogens with one attached hydrogen (secondary N) is 2. The van der Waals surface area contributed by atoms with Crippen LogP contribution in [0.2, 0.25) is 0 Å². The van der Waals surface area contributed by atoms with E-state index in [2.05, 4.69) is 32.7 Å². The number of carbonyl (C=O) groups is 1. The van der Waals surface area contributed by atoms with E-state index in [4.69, 9.17) is 4.74 Å². The Balaban J connectivity index is 1.54. The van der Waals surface area contributed by atoms with Crippen molar-refractivity contribution in [1.82, 2.24) is 15.2 Å². The molecule has 0 saturated heterocycles. The second kappa shape index (κ2) is 9.15. The Morgan fingerprint density at radius 3 is 2.92 bits per heavy atom. The van der Waals surface area contributed by atoms with E-state index < -0.39 is 0 Å². The molecule has 0 bridgehead atoms. The maximum Gasteiger partial charge on any atom is 0.236 e. The smallest absolute Gasteiger partial charge is 0.236 e. The van der Waals surface area contributed by atoms with Crippen molar-refractivity contribution in [3.05, 3.63) is 18.2 Å². The number of hydrogen-bond donors (Lipinski definition) is 2. The molecule has 2 aromatic heterocycles. The Bertz CT molecular complexity index is 880. The van der Waals surface area contributed by atoms with Gasteiger partial charge >= 0.3 is 0 Å². The molecule has 10 heteroatoms. The Morgan fingerprint density at radius 1 is 1.23 bits per heavy atom. The minimum atomic E-state index is -0.114. The number of thiazole rings is 1. The predicted octanol–water partition coefficient (Wildman–Crippen LogP) is 4.10. The largest absolute Gasteiger partial charge is 0.494 e. The van der Waals surface area contributed by atoms with Crippen LogP contribution >= 0.6 is 34.4 Å². The minimum Gasteiger partial charge on any atom is -0.494 e. The summed E-state index contributed by atoms with van der Waals surface area (Å²) < 4.78 is 7.24. The third-order valence-electron chi connectivity index (χ3n) is 3.18. The van der Waals surface area contributed by atoms with Gasteiger partial charge in [0.25, 0.3) is 0 Å². The lowest BCUT2D eigenvalue weighted by Crippen LogP contribution is -2.13. The number of amides is 1. The molecule has 2 heterocycles. The molecule has 138 valence electrons. The van der Waals surface area contributed by atoms with Crippen molar-refractivity contribution >= 4 is 60.8 Å². The average Bonchev–Trinajstić information content (AvgIpc) is 3.24. The molecule has 0 saturated carbocycles. The second-order valence-electron chi connectivity index (χ2n) is 5.22. The number of ether oxygens (including phenoxy) is 1. The average molecular weight is 410 g/mol. The number of thioether (sulfide) groups is 1. The molecule has 0 spiro atoms. The van der Waals surface area contributed by atoms with Crippen LogP contribution in [0.15, 0.2) is 22.5 Å². The summed E-state index contributed by atoms with van der Waals surface area (Å²) in [6.07, 6.45) is 1.03. The Morgan fingerprint density at radius 2 is 2.12 bits per heavy atom. The zero-order valence-corrected chi connectivity index (χ0v) is 16.9. The number of fused-ring (bicyclic) bond motifs is 1. The molecular weight excluding hydrogens is 390 g/mol. The van der Waals surface area contributed by atoms with E-state index in [0.717, 1.165) is 38.4 Å². The summed E-state index contributed by atoms with van der Waals surface area (Å²) in [5, 5.41) is 15.5. The summed E-state index contributed by atoms with van der Waals surface area (Å²) in [7, 11) is 0. The summed E-state index contributed by atoms with van der Waals surface area (Å²) in [4.78, 5) is 16.6. The number of benzene rings is 1. The molecule has 0 aliphatic carbocycles. The lowest BCUT2D eigenvalue weighted by molar-refractivity contribution is -0.113. The van der Waals surface area contributed by atoms with E-state index in [1.54, 1.807) is 0 Å². The zero-order valence-electron chi connectivity index (χ0n) is 14.4. The molecule has 0 radical (unpaired) electrons. The third kappa shape index (κ3) is 5.05. The van der Waals surface area contributed by atoms with Crippen molar-refractivity contribution in [3.8, 4) is 5.75 Å². The lowest BCUT2D eigenvalue weighted by atomic mass is 10.3. The molecule has 0 aliphatic heterocycles. The van der Waals surface area contributed by atoms with Crippen LogP contribution in [0.1, 0.15) is 20.3 Å². The van der Waals surface area contributed by atoms with E-state index in [1.807, 2.05) is 25.1 Å². The molecule has 26 heavy (non-hydrogen) atoms. The van der Waals surface area contributed by atoms with Crippen molar-refractivity contribution in [2.45, 2.75) is 24.6 Å².